The van der Waals surface area contributed by atoms with Crippen molar-refractivity contribution in [3.05, 3.63) is 34.5 Å². The van der Waals surface area contributed by atoms with E-state index in [1.807, 2.05) is 6.92 Å². The predicted molar refractivity (Wildman–Crippen MR) is 68.3 cm³/mol. The van der Waals surface area contributed by atoms with Crippen molar-refractivity contribution in [2.75, 3.05) is 5.43 Å². The second kappa shape index (κ2) is 4.49. The molecule has 0 saturated carbocycles. The Morgan fingerprint density at radius 1 is 1.33 bits per heavy atom. The van der Waals surface area contributed by atoms with E-state index in [1.54, 1.807) is 6.92 Å². The third-order valence-corrected chi connectivity index (χ3v) is 3.14. The van der Waals surface area contributed by atoms with Crippen molar-refractivity contribution in [1.82, 2.24) is 4.98 Å². The summed E-state index contributed by atoms with van der Waals surface area (Å²) >= 11 is 0. The molecule has 0 radical (unpaired) electrons. The van der Waals surface area contributed by atoms with Crippen LogP contribution in [0.25, 0.3) is 10.9 Å². The quantitative estimate of drug-likeness (QED) is 0.637. The average Bonchev–Trinajstić information content (AvgIpc) is 2.34. The lowest BCUT2D eigenvalue weighted by Gasteiger charge is -2.15. The molecule has 0 amide bonds. The highest BCUT2D eigenvalue weighted by Gasteiger charge is 2.18. The van der Waals surface area contributed by atoms with E-state index in [4.69, 9.17) is 5.84 Å². The zero-order valence-electron chi connectivity index (χ0n) is 10.6. The monoisotopic (exact) mass is 251 g/mol. The van der Waals surface area contributed by atoms with Gasteiger partial charge in [-0.1, -0.05) is 6.92 Å². The van der Waals surface area contributed by atoms with Gasteiger partial charge in [-0.05, 0) is 37.5 Å². The Kier molecular flexibility index (Phi) is 3.17. The van der Waals surface area contributed by atoms with Crippen LogP contribution in [0.1, 0.15) is 23.7 Å². The first-order chi connectivity index (χ1) is 8.51. The topological polar surface area (TPSA) is 50.9 Å². The number of fused-ring (bicyclic) bond motifs is 1. The Labute approximate surface area is 104 Å². The molecule has 1 aromatic carbocycles. The van der Waals surface area contributed by atoms with Crippen LogP contribution in [0.4, 0.5) is 14.5 Å². The van der Waals surface area contributed by atoms with Gasteiger partial charge < -0.3 is 5.43 Å². The Morgan fingerprint density at radius 2 is 2.00 bits per heavy atom. The van der Waals surface area contributed by atoms with E-state index in [2.05, 4.69) is 10.4 Å². The number of rotatable bonds is 2. The molecule has 2 aromatic rings. The van der Waals surface area contributed by atoms with E-state index >= 15 is 0 Å². The number of hydrazine groups is 1. The van der Waals surface area contributed by atoms with E-state index in [1.165, 1.54) is 6.92 Å². The molecule has 0 saturated heterocycles. The molecule has 0 fully saturated rings. The number of nitrogens with zero attached hydrogens (tertiary/aromatic N) is 1. The number of hydrogen-bond donors (Lipinski definition) is 2. The number of halogens is 2. The van der Waals surface area contributed by atoms with E-state index in [-0.39, 0.29) is 16.5 Å². The molecule has 1 heterocycles. The molecule has 0 spiro atoms. The van der Waals surface area contributed by atoms with Crippen molar-refractivity contribution < 1.29 is 8.78 Å². The molecule has 18 heavy (non-hydrogen) atoms. The summed E-state index contributed by atoms with van der Waals surface area (Å²) in [7, 11) is 0. The van der Waals surface area contributed by atoms with Gasteiger partial charge in [-0.15, -0.1) is 0 Å². The standard InChI is InChI=1S/C13H15F2N3/c1-4-8-7(3)17-13-9(14)5-6(2)11(15)10(13)12(8)18-16/h5H,4,16H2,1-3H3,(H,17,18). The summed E-state index contributed by atoms with van der Waals surface area (Å²) in [5.74, 6) is 4.44. The molecule has 3 nitrogen and oxygen atoms in total. The molecule has 0 aliphatic rings. The first-order valence-electron chi connectivity index (χ1n) is 5.75. The van der Waals surface area contributed by atoms with Crippen LogP contribution in [0.5, 0.6) is 0 Å². The van der Waals surface area contributed by atoms with Gasteiger partial charge in [0.15, 0.2) is 0 Å². The van der Waals surface area contributed by atoms with Crippen molar-refractivity contribution in [2.24, 2.45) is 5.84 Å². The molecule has 5 heteroatoms. The lowest BCUT2D eigenvalue weighted by Crippen LogP contribution is -2.13. The lowest BCUT2D eigenvalue weighted by molar-refractivity contribution is 0.607. The molecule has 96 valence electrons. The smallest absolute Gasteiger partial charge is 0.149 e. The molecular formula is C13H15F2N3. The number of aryl methyl sites for hydroxylation is 2. The van der Waals surface area contributed by atoms with E-state index < -0.39 is 11.6 Å². The summed E-state index contributed by atoms with van der Waals surface area (Å²) in [6.07, 6.45) is 0.642. The fourth-order valence-electron chi connectivity index (χ4n) is 2.24. The number of anilines is 1. The number of hydrogen-bond acceptors (Lipinski definition) is 3. The SMILES string of the molecule is CCc1c(C)nc2c(F)cc(C)c(F)c2c1NN. The molecule has 0 aliphatic heterocycles. The van der Waals surface area contributed by atoms with Crippen LogP contribution >= 0.6 is 0 Å². The molecule has 0 bridgehead atoms. The summed E-state index contributed by atoms with van der Waals surface area (Å²) in [4.78, 5) is 4.15. The van der Waals surface area contributed by atoms with Crippen LogP contribution < -0.4 is 11.3 Å². The first kappa shape index (κ1) is 12.7. The predicted octanol–water partition coefficient (Wildman–Crippen LogP) is 2.98. The normalized spacial score (nSPS) is 11.0. The second-order valence-corrected chi connectivity index (χ2v) is 4.26. The Balaban J connectivity index is 3.03. The second-order valence-electron chi connectivity index (χ2n) is 4.26. The largest absolute Gasteiger partial charge is 0.323 e. The van der Waals surface area contributed by atoms with Crippen LogP contribution in [0, 0.1) is 25.5 Å². The van der Waals surface area contributed by atoms with E-state index in [0.717, 1.165) is 11.6 Å². The zero-order chi connectivity index (χ0) is 13.4. The third kappa shape index (κ3) is 1.71. The molecule has 3 N–H and O–H groups in total. The van der Waals surface area contributed by atoms with Gasteiger partial charge >= 0.3 is 0 Å². The van der Waals surface area contributed by atoms with Gasteiger partial charge in [0.25, 0.3) is 0 Å². The van der Waals surface area contributed by atoms with Crippen LogP contribution in [0.2, 0.25) is 0 Å². The third-order valence-electron chi connectivity index (χ3n) is 3.14. The molecule has 0 unspecified atom stereocenters. The highest BCUT2D eigenvalue weighted by atomic mass is 19.1. The molecule has 2 rings (SSSR count). The minimum Gasteiger partial charge on any atom is -0.323 e. The van der Waals surface area contributed by atoms with Crippen LogP contribution in [-0.2, 0) is 6.42 Å². The van der Waals surface area contributed by atoms with Gasteiger partial charge in [0, 0.05) is 5.69 Å². The molecule has 0 atom stereocenters. The zero-order valence-corrected chi connectivity index (χ0v) is 10.6. The maximum absolute atomic E-state index is 14.2. The summed E-state index contributed by atoms with van der Waals surface area (Å²) in [5, 5.41) is 0.123. The van der Waals surface area contributed by atoms with E-state index in [0.29, 0.717) is 17.8 Å². The maximum Gasteiger partial charge on any atom is 0.149 e. The number of nitrogens with one attached hydrogen (secondary N) is 1. The summed E-state index contributed by atoms with van der Waals surface area (Å²) < 4.78 is 28.0. The summed E-state index contributed by atoms with van der Waals surface area (Å²) in [5.41, 5.74) is 4.60. The Bertz CT molecular complexity index is 624. The van der Waals surface area contributed by atoms with Crippen molar-refractivity contribution in [2.45, 2.75) is 27.2 Å². The highest BCUT2D eigenvalue weighted by Crippen LogP contribution is 2.33. The number of nitrogens with two attached hydrogens (primary N) is 1. The number of benzene rings is 1. The fourth-order valence-corrected chi connectivity index (χ4v) is 2.24. The number of pyridine rings is 1. The molecular weight excluding hydrogens is 236 g/mol. The highest BCUT2D eigenvalue weighted by molar-refractivity contribution is 5.94. The van der Waals surface area contributed by atoms with Gasteiger partial charge in [0.2, 0.25) is 0 Å². The van der Waals surface area contributed by atoms with Crippen molar-refractivity contribution in [1.29, 1.82) is 0 Å². The molecule has 0 aliphatic carbocycles. The van der Waals surface area contributed by atoms with Crippen molar-refractivity contribution in [3.8, 4) is 0 Å². The average molecular weight is 251 g/mol. The summed E-state index contributed by atoms with van der Waals surface area (Å²) in [6, 6.07) is 1.15. The lowest BCUT2D eigenvalue weighted by atomic mass is 10.0. The first-order valence-corrected chi connectivity index (χ1v) is 5.75. The maximum atomic E-state index is 14.2. The fraction of sp³-hybridized carbons (Fsp3) is 0.308. The minimum absolute atomic E-state index is 0.0146. The van der Waals surface area contributed by atoms with Gasteiger partial charge in [0.05, 0.1) is 11.1 Å². The Hall–Kier alpha value is -1.75. The summed E-state index contributed by atoms with van der Waals surface area (Å²) in [6.45, 7) is 5.20. The number of aromatic nitrogens is 1. The molecule has 1 aromatic heterocycles. The Morgan fingerprint density at radius 3 is 2.56 bits per heavy atom. The van der Waals surface area contributed by atoms with Gasteiger partial charge in [-0.3, -0.25) is 5.84 Å². The van der Waals surface area contributed by atoms with E-state index in [9.17, 15) is 8.78 Å². The van der Waals surface area contributed by atoms with Crippen molar-refractivity contribution >= 4 is 16.6 Å². The van der Waals surface area contributed by atoms with Gasteiger partial charge in [-0.2, -0.15) is 0 Å². The van der Waals surface area contributed by atoms with Crippen molar-refractivity contribution in [3.63, 3.8) is 0 Å². The van der Waals surface area contributed by atoms with Gasteiger partial charge in [-0.25, -0.2) is 13.8 Å². The van der Waals surface area contributed by atoms with Crippen LogP contribution in [0.3, 0.4) is 0 Å². The van der Waals surface area contributed by atoms with Crippen LogP contribution in [0.15, 0.2) is 6.07 Å². The van der Waals surface area contributed by atoms with Crippen LogP contribution in [-0.4, -0.2) is 4.98 Å². The number of nitrogen functional groups attached to an aromatic ring is 1. The minimum atomic E-state index is -0.536. The van der Waals surface area contributed by atoms with Gasteiger partial charge in [0.1, 0.15) is 17.2 Å².